The minimum absolute atomic E-state index is 0.00299. The predicted molar refractivity (Wildman–Crippen MR) is 114 cm³/mol. The Morgan fingerprint density at radius 2 is 1.90 bits per heavy atom. The van der Waals surface area contributed by atoms with E-state index in [1.807, 2.05) is 0 Å². The Morgan fingerprint density at radius 1 is 1.17 bits per heavy atom. The van der Waals surface area contributed by atoms with Crippen LogP contribution in [0.3, 0.4) is 0 Å². The maximum Gasteiger partial charge on any atom is 0.303 e. The summed E-state index contributed by atoms with van der Waals surface area (Å²) in [4.78, 5) is 11.0. The van der Waals surface area contributed by atoms with Crippen LogP contribution in [0.1, 0.15) is 65.5 Å². The zero-order valence-electron chi connectivity index (χ0n) is 27.0. The molecule has 0 unspecified atom stereocenters. The molecule has 2 N–H and O–H groups in total. The molecule has 156 valence electrons. The molecule has 2 aromatic carbocycles. The highest BCUT2D eigenvalue weighted by Crippen LogP contribution is 2.40. The third-order valence-electron chi connectivity index (χ3n) is 4.15. The van der Waals surface area contributed by atoms with Crippen LogP contribution >= 0.6 is 11.6 Å². The molecule has 2 aromatic rings. The number of hydrogen-bond acceptors (Lipinski definition) is 4. The summed E-state index contributed by atoms with van der Waals surface area (Å²) in [5.41, 5.74) is 0.0189. The van der Waals surface area contributed by atoms with Gasteiger partial charge in [0.25, 0.3) is 10.0 Å². The first-order valence-corrected chi connectivity index (χ1v) is 10.0. The number of benzene rings is 2. The quantitative estimate of drug-likeness (QED) is 0.632. The van der Waals surface area contributed by atoms with Crippen molar-refractivity contribution in [2.45, 2.75) is 42.8 Å². The Kier molecular flexibility index (Phi) is 3.41. The SMILES string of the molecule is [2H]C([2H])(N[C@@H]1c2ccccc2N(C)S(=O)(=O)c2cc(Cl)ccc21)C([2H])([2H])C([2H])([2H])C([2H])([2H])C([2H])([2H])C([2H])([2H])C(=O)O. The van der Waals surface area contributed by atoms with Crippen molar-refractivity contribution in [3.8, 4) is 0 Å². The standard InChI is InChI=1S/C21H25ClN2O4S/c1-24-18-9-6-5-8-16(18)21(23-13-7-3-2-4-10-20(25)26)17-12-11-15(22)14-19(17)29(24,27)28/h5-6,8-9,11-12,14,21,23H,2-4,7,10,13H2,1H3,(H,25,26)/t21-/m1/s1/i2D2,3D2,4D2,7D2,10D2,13D2. The number of nitrogens with zero attached hydrogens (tertiary/aromatic N) is 1. The van der Waals surface area contributed by atoms with Crippen molar-refractivity contribution >= 4 is 33.3 Å². The molecular formula is C21H25ClN2O4S. The fraction of sp³-hybridized carbons (Fsp3) is 0.381. The molecule has 1 atom stereocenters. The second kappa shape index (κ2) is 9.15. The monoisotopic (exact) mass is 448 g/mol. The number of carboxylic acid groups (broad SMARTS) is 1. The number of fused-ring (bicyclic) bond motifs is 2. The third kappa shape index (κ3) is 4.74. The van der Waals surface area contributed by atoms with E-state index >= 15 is 0 Å². The molecule has 0 aliphatic carbocycles. The Balaban J connectivity index is 2.23. The second-order valence-corrected chi connectivity index (χ2v) is 8.22. The maximum absolute atomic E-state index is 13.4. The molecule has 0 aromatic heterocycles. The van der Waals surface area contributed by atoms with E-state index in [4.69, 9.17) is 33.2 Å². The van der Waals surface area contributed by atoms with Gasteiger partial charge in [-0.15, -0.1) is 0 Å². The van der Waals surface area contributed by atoms with Gasteiger partial charge in [-0.2, -0.15) is 0 Å². The number of carbonyl (C=O) groups is 1. The molecule has 29 heavy (non-hydrogen) atoms. The van der Waals surface area contributed by atoms with Crippen molar-refractivity contribution in [3.05, 3.63) is 58.6 Å². The summed E-state index contributed by atoms with van der Waals surface area (Å²) in [6.45, 7) is -3.64. The van der Waals surface area contributed by atoms with E-state index in [-0.39, 0.29) is 26.7 Å². The molecular weight excluding hydrogens is 412 g/mol. The van der Waals surface area contributed by atoms with Crippen LogP contribution in [0.2, 0.25) is 5.02 Å². The summed E-state index contributed by atoms with van der Waals surface area (Å²) in [5.74, 6) is -2.49. The highest BCUT2D eigenvalue weighted by molar-refractivity contribution is 7.92. The van der Waals surface area contributed by atoms with Crippen LogP contribution in [0.4, 0.5) is 5.69 Å². The number of anilines is 1. The summed E-state index contributed by atoms with van der Waals surface area (Å²) in [6.07, 6.45) is -20.8. The molecule has 1 aliphatic rings. The van der Waals surface area contributed by atoms with E-state index < -0.39 is 60.4 Å². The number of aliphatic carboxylic acids is 1. The minimum atomic E-state index is -4.30. The van der Waals surface area contributed by atoms with Crippen LogP contribution < -0.4 is 9.62 Å². The molecule has 0 amide bonds. The highest BCUT2D eigenvalue weighted by Gasteiger charge is 2.34. The molecule has 1 aliphatic heterocycles. The fourth-order valence-electron chi connectivity index (χ4n) is 2.88. The second-order valence-electron chi connectivity index (χ2n) is 5.85. The van der Waals surface area contributed by atoms with Gasteiger partial charge in [0.1, 0.15) is 0 Å². The molecule has 1 heterocycles. The van der Waals surface area contributed by atoms with Gasteiger partial charge >= 0.3 is 5.97 Å². The molecule has 0 spiro atoms. The molecule has 0 saturated heterocycles. The number of sulfonamides is 1. The molecule has 0 fully saturated rings. The Hall–Kier alpha value is -2.09. The molecule has 8 heteroatoms. The molecule has 0 radical (unpaired) electrons. The minimum Gasteiger partial charge on any atom is -0.481 e. The van der Waals surface area contributed by atoms with Crippen molar-refractivity contribution in [3.63, 3.8) is 0 Å². The maximum atomic E-state index is 13.4. The van der Waals surface area contributed by atoms with E-state index in [0.717, 1.165) is 10.4 Å². The van der Waals surface area contributed by atoms with E-state index in [9.17, 15) is 13.2 Å². The first-order chi connectivity index (χ1) is 18.3. The van der Waals surface area contributed by atoms with Gasteiger partial charge < -0.3 is 10.4 Å². The van der Waals surface area contributed by atoms with Crippen LogP contribution in [-0.2, 0) is 14.8 Å². The van der Waals surface area contributed by atoms with Crippen molar-refractivity contribution < 1.29 is 34.8 Å². The Labute approximate surface area is 193 Å². The number of hydrogen-bond donors (Lipinski definition) is 2. The summed E-state index contributed by atoms with van der Waals surface area (Å²) in [6, 6.07) is 7.87. The smallest absolute Gasteiger partial charge is 0.303 e. The van der Waals surface area contributed by atoms with Crippen molar-refractivity contribution in [2.75, 3.05) is 17.8 Å². The lowest BCUT2D eigenvalue weighted by Crippen LogP contribution is -2.26. The van der Waals surface area contributed by atoms with Gasteiger partial charge in [0, 0.05) is 34.9 Å². The largest absolute Gasteiger partial charge is 0.481 e. The van der Waals surface area contributed by atoms with Crippen LogP contribution in [0.5, 0.6) is 0 Å². The number of halogens is 1. The van der Waals surface area contributed by atoms with Gasteiger partial charge in [-0.1, -0.05) is 48.6 Å². The van der Waals surface area contributed by atoms with Crippen molar-refractivity contribution in [2.24, 2.45) is 0 Å². The van der Waals surface area contributed by atoms with Gasteiger partial charge in [0.15, 0.2) is 0 Å². The zero-order valence-corrected chi connectivity index (χ0v) is 16.6. The number of nitrogens with one attached hydrogen (secondary N) is 1. The van der Waals surface area contributed by atoms with Crippen molar-refractivity contribution in [1.29, 1.82) is 0 Å². The van der Waals surface area contributed by atoms with Crippen molar-refractivity contribution in [1.82, 2.24) is 5.32 Å². The number of para-hydroxylation sites is 1. The average Bonchev–Trinajstić information content (AvgIpc) is 2.91. The fourth-order valence-corrected chi connectivity index (χ4v) is 4.59. The van der Waals surface area contributed by atoms with E-state index in [1.54, 1.807) is 0 Å². The van der Waals surface area contributed by atoms with Crippen LogP contribution in [-0.4, -0.2) is 33.0 Å². The van der Waals surface area contributed by atoms with E-state index in [2.05, 4.69) is 5.32 Å². The van der Waals surface area contributed by atoms with Crippen LogP contribution in [0.15, 0.2) is 47.4 Å². The van der Waals surface area contributed by atoms with Crippen LogP contribution in [0, 0.1) is 0 Å². The Bertz CT molecular complexity index is 1490. The van der Waals surface area contributed by atoms with Gasteiger partial charge in [-0.3, -0.25) is 9.10 Å². The third-order valence-corrected chi connectivity index (χ3v) is 6.21. The summed E-state index contributed by atoms with van der Waals surface area (Å²) < 4.78 is 125. The lowest BCUT2D eigenvalue weighted by molar-refractivity contribution is -0.137. The number of rotatable bonds is 8. The van der Waals surface area contributed by atoms with Gasteiger partial charge in [-0.25, -0.2) is 8.42 Å². The zero-order chi connectivity index (χ0) is 31.8. The lowest BCUT2D eigenvalue weighted by atomic mass is 9.96. The summed E-state index contributed by atoms with van der Waals surface area (Å²) in [5, 5.41) is 11.4. The van der Waals surface area contributed by atoms with E-state index in [0.29, 0.717) is 0 Å². The first-order valence-electron chi connectivity index (χ1n) is 14.2. The van der Waals surface area contributed by atoms with Gasteiger partial charge in [0.2, 0.25) is 0 Å². The average molecular weight is 449 g/mol. The molecule has 3 rings (SSSR count). The van der Waals surface area contributed by atoms with Gasteiger partial charge in [-0.05, 0) is 48.6 Å². The number of carboxylic acids is 1. The predicted octanol–water partition coefficient (Wildman–Crippen LogP) is 4.19. The topological polar surface area (TPSA) is 86.7 Å². The lowest BCUT2D eigenvalue weighted by Gasteiger charge is -2.22. The Morgan fingerprint density at radius 3 is 2.66 bits per heavy atom. The molecule has 0 saturated carbocycles. The molecule has 0 bridgehead atoms. The highest BCUT2D eigenvalue weighted by atomic mass is 35.5. The van der Waals surface area contributed by atoms with Gasteiger partial charge in [0.05, 0.1) is 16.6 Å². The first kappa shape index (κ1) is 10.8. The normalized spacial score (nSPS) is 26.4. The molecule has 6 nitrogen and oxygen atoms in total. The van der Waals surface area contributed by atoms with Crippen LogP contribution in [0.25, 0.3) is 0 Å². The van der Waals surface area contributed by atoms with E-state index in [1.165, 1.54) is 43.4 Å². The summed E-state index contributed by atoms with van der Waals surface area (Å²) in [7, 11) is -3.08. The summed E-state index contributed by atoms with van der Waals surface area (Å²) >= 11 is 6.04.